The Morgan fingerprint density at radius 2 is 2.38 bits per heavy atom. The first kappa shape index (κ1) is 11.9. The largest absolute Gasteiger partial charge is 0.379 e. The number of pyridine rings is 1. The molecule has 2 rings (SSSR count). The van der Waals surface area contributed by atoms with Crippen LogP contribution in [-0.4, -0.2) is 30.0 Å². The van der Waals surface area contributed by atoms with E-state index in [0.29, 0.717) is 11.3 Å². The molecule has 0 amide bonds. The molecule has 1 aliphatic rings. The van der Waals surface area contributed by atoms with Crippen molar-refractivity contribution in [3.8, 4) is 0 Å². The average molecular weight is 238 g/mol. The zero-order chi connectivity index (χ0) is 11.4. The molecule has 0 bridgehead atoms. The van der Waals surface area contributed by atoms with Crippen LogP contribution < -0.4 is 5.32 Å². The number of aromatic nitrogens is 1. The summed E-state index contributed by atoms with van der Waals surface area (Å²) < 4.78 is 5.15. The monoisotopic (exact) mass is 238 g/mol. The third-order valence-corrected chi connectivity index (χ3v) is 3.74. The molecule has 1 aliphatic heterocycles. The Labute approximate surface area is 101 Å². The van der Waals surface area contributed by atoms with Gasteiger partial charge in [0.1, 0.15) is 0 Å². The summed E-state index contributed by atoms with van der Waals surface area (Å²) in [5, 5.41) is 3.98. The van der Waals surface area contributed by atoms with Crippen molar-refractivity contribution in [3.63, 3.8) is 0 Å². The Balaban J connectivity index is 1.92. The van der Waals surface area contributed by atoms with Crippen LogP contribution in [0.25, 0.3) is 0 Å². The van der Waals surface area contributed by atoms with E-state index in [0.717, 1.165) is 25.5 Å². The fourth-order valence-corrected chi connectivity index (χ4v) is 2.58. The van der Waals surface area contributed by atoms with Crippen molar-refractivity contribution >= 4 is 11.8 Å². The first-order valence-corrected chi connectivity index (χ1v) is 6.61. The number of rotatable bonds is 5. The van der Waals surface area contributed by atoms with Crippen molar-refractivity contribution in [1.82, 2.24) is 10.3 Å². The summed E-state index contributed by atoms with van der Waals surface area (Å²) in [6.07, 6.45) is 1.96. The molecule has 1 aromatic rings. The van der Waals surface area contributed by atoms with Crippen molar-refractivity contribution in [1.29, 1.82) is 0 Å². The molecule has 0 aromatic carbocycles. The average Bonchev–Trinajstić information content (AvgIpc) is 2.25. The fraction of sp³-hybridized carbons (Fsp3) is 0.583. The maximum absolute atomic E-state index is 5.15. The number of nitrogens with zero attached hydrogens (tertiary/aromatic N) is 1. The summed E-state index contributed by atoms with van der Waals surface area (Å²) in [6, 6.07) is 4.59. The molecule has 1 aromatic heterocycles. The van der Waals surface area contributed by atoms with Crippen molar-refractivity contribution in [2.75, 3.05) is 19.8 Å². The number of nitrogens with one attached hydrogen (secondary N) is 1. The molecule has 1 atom stereocenters. The highest BCUT2D eigenvalue weighted by Gasteiger charge is 2.19. The molecular weight excluding hydrogens is 220 g/mol. The third kappa shape index (κ3) is 2.97. The van der Waals surface area contributed by atoms with Crippen LogP contribution in [0.3, 0.4) is 0 Å². The predicted octanol–water partition coefficient (Wildman–Crippen LogP) is 2.24. The van der Waals surface area contributed by atoms with Crippen molar-refractivity contribution in [2.45, 2.75) is 30.0 Å². The second kappa shape index (κ2) is 5.66. The molecule has 0 spiro atoms. The van der Waals surface area contributed by atoms with Crippen LogP contribution >= 0.6 is 11.8 Å². The van der Waals surface area contributed by atoms with Gasteiger partial charge in [-0.3, -0.25) is 4.98 Å². The lowest BCUT2D eigenvalue weighted by Gasteiger charge is -2.25. The van der Waals surface area contributed by atoms with Crippen LogP contribution in [0.5, 0.6) is 0 Å². The van der Waals surface area contributed by atoms with E-state index in [4.69, 9.17) is 4.74 Å². The van der Waals surface area contributed by atoms with E-state index in [1.165, 1.54) is 4.90 Å². The van der Waals surface area contributed by atoms with Gasteiger partial charge in [-0.15, -0.1) is 11.8 Å². The van der Waals surface area contributed by atoms with Crippen LogP contribution in [-0.2, 0) is 4.74 Å². The minimum Gasteiger partial charge on any atom is -0.379 e. The van der Waals surface area contributed by atoms with Crippen molar-refractivity contribution in [2.24, 2.45) is 0 Å². The first-order chi connectivity index (χ1) is 7.79. The van der Waals surface area contributed by atoms with Gasteiger partial charge in [-0.05, 0) is 25.6 Å². The molecule has 1 saturated heterocycles. The quantitative estimate of drug-likeness (QED) is 0.853. The van der Waals surface area contributed by atoms with Gasteiger partial charge in [-0.1, -0.05) is 6.92 Å². The second-order valence-electron chi connectivity index (χ2n) is 3.98. The van der Waals surface area contributed by atoms with Crippen LogP contribution in [0.15, 0.2) is 23.2 Å². The molecule has 2 heterocycles. The van der Waals surface area contributed by atoms with Gasteiger partial charge in [-0.2, -0.15) is 0 Å². The molecule has 4 heteroatoms. The Morgan fingerprint density at radius 1 is 1.56 bits per heavy atom. The molecular formula is C12H18N2OS. The van der Waals surface area contributed by atoms with Crippen LogP contribution in [0.1, 0.15) is 25.6 Å². The minimum absolute atomic E-state index is 0.330. The number of ether oxygens (including phenoxy) is 1. The number of thioether (sulfide) groups is 1. The van der Waals surface area contributed by atoms with Gasteiger partial charge in [-0.25, -0.2) is 0 Å². The SMILES string of the molecule is CCNC(C)c1ccc(SC2COC2)cn1. The van der Waals surface area contributed by atoms with Gasteiger partial charge in [0.25, 0.3) is 0 Å². The number of hydrogen-bond donors (Lipinski definition) is 1. The smallest absolute Gasteiger partial charge is 0.0611 e. The summed E-state index contributed by atoms with van der Waals surface area (Å²) in [5.41, 5.74) is 1.11. The van der Waals surface area contributed by atoms with E-state index in [1.54, 1.807) is 0 Å². The minimum atomic E-state index is 0.330. The maximum atomic E-state index is 5.15. The third-order valence-electron chi connectivity index (χ3n) is 2.62. The van der Waals surface area contributed by atoms with Crippen LogP contribution in [0, 0.1) is 0 Å². The van der Waals surface area contributed by atoms with E-state index in [1.807, 2.05) is 18.0 Å². The molecule has 1 fully saturated rings. The van der Waals surface area contributed by atoms with Crippen molar-refractivity contribution < 1.29 is 4.74 Å². The van der Waals surface area contributed by atoms with E-state index < -0.39 is 0 Å². The van der Waals surface area contributed by atoms with E-state index in [-0.39, 0.29) is 0 Å². The van der Waals surface area contributed by atoms with E-state index in [2.05, 4.69) is 36.3 Å². The Hall–Kier alpha value is -0.580. The first-order valence-electron chi connectivity index (χ1n) is 5.73. The summed E-state index contributed by atoms with van der Waals surface area (Å²) >= 11 is 1.86. The van der Waals surface area contributed by atoms with Gasteiger partial charge in [0.15, 0.2) is 0 Å². The zero-order valence-corrected chi connectivity index (χ0v) is 10.6. The Bertz CT molecular complexity index is 324. The summed E-state index contributed by atoms with van der Waals surface area (Å²) in [7, 11) is 0. The molecule has 1 N–H and O–H groups in total. The highest BCUT2D eigenvalue weighted by atomic mass is 32.2. The van der Waals surface area contributed by atoms with Gasteiger partial charge < -0.3 is 10.1 Å². The lowest BCUT2D eigenvalue weighted by Crippen LogP contribution is -2.30. The zero-order valence-electron chi connectivity index (χ0n) is 9.77. The molecule has 1 unspecified atom stereocenters. The van der Waals surface area contributed by atoms with E-state index in [9.17, 15) is 0 Å². The lowest BCUT2D eigenvalue weighted by atomic mass is 10.2. The molecule has 0 radical (unpaired) electrons. The van der Waals surface area contributed by atoms with Gasteiger partial charge in [0.2, 0.25) is 0 Å². The molecule has 3 nitrogen and oxygen atoms in total. The van der Waals surface area contributed by atoms with Gasteiger partial charge >= 0.3 is 0 Å². The molecule has 0 aliphatic carbocycles. The maximum Gasteiger partial charge on any atom is 0.0611 e. The summed E-state index contributed by atoms with van der Waals surface area (Å²) in [6.45, 7) is 6.97. The molecule has 16 heavy (non-hydrogen) atoms. The van der Waals surface area contributed by atoms with E-state index >= 15 is 0 Å². The predicted molar refractivity (Wildman–Crippen MR) is 66.8 cm³/mol. The summed E-state index contributed by atoms with van der Waals surface area (Å²) in [5.74, 6) is 0. The van der Waals surface area contributed by atoms with Crippen LogP contribution in [0.2, 0.25) is 0 Å². The highest BCUT2D eigenvalue weighted by Crippen LogP contribution is 2.27. The van der Waals surface area contributed by atoms with Gasteiger partial charge in [0.05, 0.1) is 24.2 Å². The normalized spacial score (nSPS) is 18.1. The molecule has 0 saturated carbocycles. The van der Waals surface area contributed by atoms with Crippen LogP contribution in [0.4, 0.5) is 0 Å². The number of hydrogen-bond acceptors (Lipinski definition) is 4. The topological polar surface area (TPSA) is 34.1 Å². The Morgan fingerprint density at radius 3 is 2.88 bits per heavy atom. The molecule has 88 valence electrons. The summed E-state index contributed by atoms with van der Waals surface area (Å²) in [4.78, 5) is 5.72. The fourth-order valence-electron chi connectivity index (χ4n) is 1.60. The second-order valence-corrected chi connectivity index (χ2v) is 5.35. The van der Waals surface area contributed by atoms with Gasteiger partial charge in [0, 0.05) is 17.1 Å². The lowest BCUT2D eigenvalue weighted by molar-refractivity contribution is 0.0455. The van der Waals surface area contributed by atoms with Crippen molar-refractivity contribution in [3.05, 3.63) is 24.0 Å². The highest BCUT2D eigenvalue weighted by molar-refractivity contribution is 8.00. The Kier molecular flexibility index (Phi) is 4.21. The standard InChI is InChI=1S/C12H18N2OS/c1-3-13-9(2)12-5-4-10(6-14-12)16-11-7-15-8-11/h4-6,9,11,13H,3,7-8H2,1-2H3.